The lowest BCUT2D eigenvalue weighted by molar-refractivity contribution is -0.126. The molecule has 1 unspecified atom stereocenters. The van der Waals surface area contributed by atoms with Crippen LogP contribution < -0.4 is 30.2 Å². The molecule has 11 nitrogen and oxygen atoms in total. The molecule has 6 rings (SSSR count). The first-order chi connectivity index (χ1) is 27.9. The summed E-state index contributed by atoms with van der Waals surface area (Å²) in [6.45, 7) is 7.80. The number of carbonyl (C=O) groups is 3. The molecule has 5 aromatic rings. The van der Waals surface area contributed by atoms with E-state index in [0.717, 1.165) is 33.4 Å². The summed E-state index contributed by atoms with van der Waals surface area (Å²) in [6, 6.07) is 34.6. The van der Waals surface area contributed by atoms with Crippen LogP contribution in [0.2, 0.25) is 0 Å². The van der Waals surface area contributed by atoms with E-state index >= 15 is 0 Å². The second-order valence-corrected chi connectivity index (χ2v) is 15.1. The molecule has 0 heterocycles. The van der Waals surface area contributed by atoms with Crippen molar-refractivity contribution in [3.05, 3.63) is 149 Å². The molecular weight excluding hydrogens is 735 g/mol. The van der Waals surface area contributed by atoms with Gasteiger partial charge in [-0.1, -0.05) is 90.5 Å². The second-order valence-electron chi connectivity index (χ2n) is 15.1. The van der Waals surface area contributed by atoms with Crippen molar-refractivity contribution >= 4 is 17.9 Å². The van der Waals surface area contributed by atoms with E-state index in [-0.39, 0.29) is 31.6 Å². The molecular formula is C47H51N3O8. The third-order valence-electron chi connectivity index (χ3n) is 9.86. The first kappa shape index (κ1) is 41.3. The van der Waals surface area contributed by atoms with Crippen LogP contribution in [-0.2, 0) is 25.6 Å². The Labute approximate surface area is 340 Å². The molecule has 1 aliphatic carbocycles. The van der Waals surface area contributed by atoms with E-state index in [0.29, 0.717) is 34.9 Å². The SMILES string of the molecule is COc1ccc(OC)c(C(NC(=O)[C@H](COC(C)(C)C)NC(=O)OCC2c3ccccc3-c3ccccc32)c2ccc(OCC(=O)NCc3ccc(C)cc3)cc2)c1. The van der Waals surface area contributed by atoms with Crippen molar-refractivity contribution in [2.45, 2.75) is 57.8 Å². The maximum atomic E-state index is 14.3. The Morgan fingerprint density at radius 2 is 1.38 bits per heavy atom. The van der Waals surface area contributed by atoms with Crippen LogP contribution in [0.15, 0.2) is 115 Å². The van der Waals surface area contributed by atoms with E-state index in [9.17, 15) is 14.4 Å². The predicted molar refractivity (Wildman–Crippen MR) is 222 cm³/mol. The van der Waals surface area contributed by atoms with Gasteiger partial charge in [0, 0.05) is 18.0 Å². The Kier molecular flexibility index (Phi) is 13.3. The highest BCUT2D eigenvalue weighted by molar-refractivity contribution is 5.87. The summed E-state index contributed by atoms with van der Waals surface area (Å²) in [4.78, 5) is 40.4. The van der Waals surface area contributed by atoms with Crippen LogP contribution in [0.25, 0.3) is 11.1 Å². The van der Waals surface area contributed by atoms with E-state index < -0.39 is 29.7 Å². The zero-order valence-corrected chi connectivity index (χ0v) is 33.8. The van der Waals surface area contributed by atoms with Crippen LogP contribution in [0.5, 0.6) is 17.2 Å². The molecule has 0 aliphatic heterocycles. The molecule has 0 fully saturated rings. The molecule has 0 bridgehead atoms. The third-order valence-corrected chi connectivity index (χ3v) is 9.86. The van der Waals surface area contributed by atoms with E-state index in [1.807, 2.05) is 88.4 Å². The summed E-state index contributed by atoms with van der Waals surface area (Å²) in [6.07, 6.45) is -0.751. The van der Waals surface area contributed by atoms with Gasteiger partial charge in [0.1, 0.15) is 29.9 Å². The van der Waals surface area contributed by atoms with Crippen molar-refractivity contribution in [2.24, 2.45) is 0 Å². The third kappa shape index (κ3) is 10.5. The normalized spacial score (nSPS) is 13.0. The van der Waals surface area contributed by atoms with E-state index in [2.05, 4.69) is 28.1 Å². The van der Waals surface area contributed by atoms with Crippen LogP contribution in [-0.4, -0.2) is 63.6 Å². The second kappa shape index (κ2) is 18.7. The molecule has 58 heavy (non-hydrogen) atoms. The zero-order valence-electron chi connectivity index (χ0n) is 33.8. The lowest BCUT2D eigenvalue weighted by Crippen LogP contribution is -2.51. The molecule has 302 valence electrons. The van der Waals surface area contributed by atoms with Gasteiger partial charge in [-0.15, -0.1) is 0 Å². The lowest BCUT2D eigenvalue weighted by Gasteiger charge is -2.28. The molecule has 2 atom stereocenters. The minimum atomic E-state index is -1.13. The largest absolute Gasteiger partial charge is 0.497 e. The highest BCUT2D eigenvalue weighted by atomic mass is 16.6. The highest BCUT2D eigenvalue weighted by Gasteiger charge is 2.32. The van der Waals surface area contributed by atoms with Crippen molar-refractivity contribution in [3.8, 4) is 28.4 Å². The Bertz CT molecular complexity index is 2150. The Morgan fingerprint density at radius 3 is 2.00 bits per heavy atom. The number of methoxy groups -OCH3 is 2. The van der Waals surface area contributed by atoms with Crippen LogP contribution in [0.3, 0.4) is 0 Å². The first-order valence-electron chi connectivity index (χ1n) is 19.2. The molecule has 3 amide bonds. The highest BCUT2D eigenvalue weighted by Crippen LogP contribution is 2.44. The fraction of sp³-hybridized carbons (Fsp3) is 0.298. The number of carbonyl (C=O) groups excluding carboxylic acids is 3. The average Bonchev–Trinajstić information content (AvgIpc) is 3.55. The molecule has 3 N–H and O–H groups in total. The van der Waals surface area contributed by atoms with E-state index in [1.165, 1.54) is 0 Å². The molecule has 1 aliphatic rings. The smallest absolute Gasteiger partial charge is 0.407 e. The minimum absolute atomic E-state index is 0.0841. The number of rotatable bonds is 16. The summed E-state index contributed by atoms with van der Waals surface area (Å²) in [5.74, 6) is 0.590. The fourth-order valence-corrected chi connectivity index (χ4v) is 6.81. The summed E-state index contributed by atoms with van der Waals surface area (Å²) in [5, 5.41) is 8.76. The number of aryl methyl sites for hydroxylation is 1. The number of ether oxygens (including phenoxy) is 5. The monoisotopic (exact) mass is 785 g/mol. The van der Waals surface area contributed by atoms with Crippen molar-refractivity contribution in [1.29, 1.82) is 0 Å². The molecule has 0 radical (unpaired) electrons. The number of hydrogen-bond donors (Lipinski definition) is 3. The van der Waals surface area contributed by atoms with Crippen molar-refractivity contribution in [3.63, 3.8) is 0 Å². The molecule has 0 aromatic heterocycles. The van der Waals surface area contributed by atoms with Gasteiger partial charge in [-0.05, 0) is 91.4 Å². The fourth-order valence-electron chi connectivity index (χ4n) is 6.81. The van der Waals surface area contributed by atoms with Gasteiger partial charge in [0.05, 0.1) is 32.5 Å². The average molecular weight is 786 g/mol. The quantitative estimate of drug-likeness (QED) is 0.0931. The van der Waals surface area contributed by atoms with Crippen LogP contribution in [0.4, 0.5) is 4.79 Å². The Hall–Kier alpha value is -6.33. The van der Waals surface area contributed by atoms with Gasteiger partial charge in [0.15, 0.2) is 6.61 Å². The van der Waals surface area contributed by atoms with Gasteiger partial charge >= 0.3 is 6.09 Å². The van der Waals surface area contributed by atoms with E-state index in [1.54, 1.807) is 56.7 Å². The number of alkyl carbamates (subject to hydrolysis) is 1. The number of fused-ring (bicyclic) bond motifs is 3. The minimum Gasteiger partial charge on any atom is -0.497 e. The van der Waals surface area contributed by atoms with Gasteiger partial charge < -0.3 is 39.6 Å². The summed E-state index contributed by atoms with van der Waals surface area (Å²) in [7, 11) is 3.10. The van der Waals surface area contributed by atoms with Gasteiger partial charge in [-0.25, -0.2) is 4.79 Å². The first-order valence-corrected chi connectivity index (χ1v) is 19.2. The number of nitrogens with one attached hydrogen (secondary N) is 3. The van der Waals surface area contributed by atoms with Crippen molar-refractivity contribution in [1.82, 2.24) is 16.0 Å². The Morgan fingerprint density at radius 1 is 0.741 bits per heavy atom. The molecule has 0 saturated carbocycles. The maximum Gasteiger partial charge on any atom is 0.407 e. The summed E-state index contributed by atoms with van der Waals surface area (Å²) < 4.78 is 28.9. The van der Waals surface area contributed by atoms with Crippen LogP contribution in [0, 0.1) is 6.92 Å². The van der Waals surface area contributed by atoms with Crippen molar-refractivity contribution in [2.75, 3.05) is 34.0 Å². The number of hydrogen-bond acceptors (Lipinski definition) is 8. The van der Waals surface area contributed by atoms with Gasteiger partial charge in [0.25, 0.3) is 5.91 Å². The van der Waals surface area contributed by atoms with Crippen LogP contribution >= 0.6 is 0 Å². The topological polar surface area (TPSA) is 133 Å². The summed E-state index contributed by atoms with van der Waals surface area (Å²) >= 11 is 0. The number of amides is 3. The lowest BCUT2D eigenvalue weighted by atomic mass is 9.96. The summed E-state index contributed by atoms with van der Waals surface area (Å²) in [5.41, 5.74) is 7.19. The van der Waals surface area contributed by atoms with Crippen LogP contribution in [0.1, 0.15) is 66.1 Å². The standard InChI is InChI=1S/C47H51N3O8/c1-30-15-17-31(18-16-30)26-48-43(51)29-56-33-21-19-32(20-22-33)44(39-25-34(54-5)23-24-42(39)55-6)50-45(52)41(28-58-47(2,3)4)49-46(53)57-27-40-37-13-9-7-11-35(37)36-12-8-10-14-38(36)40/h7-25,40-41,44H,26-29H2,1-6H3,(H,48,51)(H,49,53)(H,50,52)/t41-,44?/m0/s1. The van der Waals surface area contributed by atoms with E-state index in [4.69, 9.17) is 23.7 Å². The van der Waals surface area contributed by atoms with Gasteiger partial charge in [-0.2, -0.15) is 0 Å². The Balaban J connectivity index is 1.18. The van der Waals surface area contributed by atoms with Gasteiger partial charge in [-0.3, -0.25) is 9.59 Å². The predicted octanol–water partition coefficient (Wildman–Crippen LogP) is 7.64. The molecule has 5 aromatic carbocycles. The van der Waals surface area contributed by atoms with Gasteiger partial charge in [0.2, 0.25) is 5.91 Å². The molecule has 11 heteroatoms. The molecule has 0 spiro atoms. The molecule has 0 saturated heterocycles. The zero-order chi connectivity index (χ0) is 41.2. The van der Waals surface area contributed by atoms with Crippen molar-refractivity contribution < 1.29 is 38.1 Å². The number of benzene rings is 5. The maximum absolute atomic E-state index is 14.3.